The number of nitriles is 1. The first-order valence-corrected chi connectivity index (χ1v) is 9.01. The van der Waals surface area contributed by atoms with E-state index in [2.05, 4.69) is 4.98 Å². The Hall–Kier alpha value is -3.92. The van der Waals surface area contributed by atoms with E-state index in [1.54, 1.807) is 24.4 Å². The molecule has 4 aromatic rings. The van der Waals surface area contributed by atoms with Crippen molar-refractivity contribution in [1.29, 1.82) is 5.26 Å². The van der Waals surface area contributed by atoms with Gasteiger partial charge in [-0.2, -0.15) is 18.4 Å². The Labute approximate surface area is 169 Å². The topological polar surface area (TPSA) is 58.7 Å². The molecule has 0 fully saturated rings. The zero-order valence-electron chi connectivity index (χ0n) is 15.5. The fraction of sp³-hybridized carbons (Fsp3) is 0.0870. The maximum Gasteiger partial charge on any atom is 0.416 e. The van der Waals surface area contributed by atoms with Crippen LogP contribution < -0.4 is 0 Å². The summed E-state index contributed by atoms with van der Waals surface area (Å²) in [7, 11) is 0. The van der Waals surface area contributed by atoms with Gasteiger partial charge in [-0.15, -0.1) is 0 Å². The Morgan fingerprint density at radius 3 is 2.50 bits per heavy atom. The summed E-state index contributed by atoms with van der Waals surface area (Å²) in [5.41, 5.74) is 2.90. The maximum absolute atomic E-state index is 12.8. The molecule has 0 aliphatic carbocycles. The molecule has 0 amide bonds. The fourth-order valence-electron chi connectivity index (χ4n) is 3.36. The monoisotopic (exact) mass is 405 g/mol. The molecule has 2 aromatic carbocycles. The average molecular weight is 405 g/mol. The van der Waals surface area contributed by atoms with Crippen molar-refractivity contribution in [3.63, 3.8) is 0 Å². The van der Waals surface area contributed by atoms with Gasteiger partial charge in [-0.05, 0) is 42.0 Å². The number of aromatic nitrogens is 2. The van der Waals surface area contributed by atoms with Crippen LogP contribution >= 0.6 is 0 Å². The van der Waals surface area contributed by atoms with Crippen LogP contribution in [0.4, 0.5) is 13.2 Å². The molecule has 0 radical (unpaired) electrons. The standard InChI is InChI=1S/C23H14F3N3O/c24-23(25,26)18-7-4-15(5-8-18)12-29-13-17(14-30)20-10-16(6-9-22(20)29)21-3-1-2-19(11-27)28-21/h1-10,13-14H,12H2. The minimum Gasteiger partial charge on any atom is -0.342 e. The molecule has 148 valence electrons. The number of hydrogen-bond acceptors (Lipinski definition) is 3. The SMILES string of the molecule is N#Cc1cccc(-c2ccc3c(c2)c(C=O)cn3Cc2ccc(C(F)(F)F)cc2)n1. The molecule has 0 N–H and O–H groups in total. The smallest absolute Gasteiger partial charge is 0.342 e. The second-order valence-corrected chi connectivity index (χ2v) is 6.78. The largest absolute Gasteiger partial charge is 0.416 e. The molecule has 2 aromatic heterocycles. The Morgan fingerprint density at radius 1 is 1.07 bits per heavy atom. The summed E-state index contributed by atoms with van der Waals surface area (Å²) < 4.78 is 40.1. The van der Waals surface area contributed by atoms with Crippen molar-refractivity contribution >= 4 is 17.2 Å². The number of benzene rings is 2. The Bertz CT molecular complexity index is 1280. The third-order valence-electron chi connectivity index (χ3n) is 4.83. The van der Waals surface area contributed by atoms with E-state index in [4.69, 9.17) is 5.26 Å². The third kappa shape index (κ3) is 3.67. The highest BCUT2D eigenvalue weighted by Gasteiger charge is 2.29. The van der Waals surface area contributed by atoms with Crippen LogP contribution in [0.1, 0.15) is 27.2 Å². The lowest BCUT2D eigenvalue weighted by atomic mass is 10.1. The van der Waals surface area contributed by atoms with Gasteiger partial charge in [0.2, 0.25) is 0 Å². The number of nitrogens with zero attached hydrogens (tertiary/aromatic N) is 3. The van der Waals surface area contributed by atoms with Crippen molar-refractivity contribution in [2.45, 2.75) is 12.7 Å². The van der Waals surface area contributed by atoms with Crippen LogP contribution in [-0.2, 0) is 12.7 Å². The Kier molecular flexibility index (Phi) is 4.84. The number of fused-ring (bicyclic) bond motifs is 1. The molecular weight excluding hydrogens is 391 g/mol. The highest BCUT2D eigenvalue weighted by atomic mass is 19.4. The molecule has 7 heteroatoms. The molecular formula is C23H14F3N3O. The van der Waals surface area contributed by atoms with Crippen molar-refractivity contribution in [3.05, 3.63) is 89.2 Å². The minimum absolute atomic E-state index is 0.295. The summed E-state index contributed by atoms with van der Waals surface area (Å²) in [5, 5.41) is 9.75. The van der Waals surface area contributed by atoms with Crippen molar-refractivity contribution in [2.75, 3.05) is 0 Å². The normalized spacial score (nSPS) is 11.4. The molecule has 0 bridgehead atoms. The number of aldehydes is 1. The molecule has 0 saturated carbocycles. The number of carbonyl (C=O) groups is 1. The first kappa shape index (κ1) is 19.4. The molecule has 4 rings (SSSR count). The quantitative estimate of drug-likeness (QED) is 0.424. The second kappa shape index (κ2) is 7.48. The number of carbonyl (C=O) groups excluding carboxylic acids is 1. The van der Waals surface area contributed by atoms with Gasteiger partial charge in [-0.1, -0.05) is 24.3 Å². The van der Waals surface area contributed by atoms with Crippen LogP contribution in [0.5, 0.6) is 0 Å². The fourth-order valence-corrected chi connectivity index (χ4v) is 3.36. The van der Waals surface area contributed by atoms with Gasteiger partial charge < -0.3 is 4.57 Å². The lowest BCUT2D eigenvalue weighted by Gasteiger charge is -2.09. The Balaban J connectivity index is 1.72. The highest BCUT2D eigenvalue weighted by molar-refractivity contribution is 5.99. The van der Waals surface area contributed by atoms with E-state index in [1.807, 2.05) is 28.8 Å². The van der Waals surface area contributed by atoms with Crippen LogP contribution in [0.25, 0.3) is 22.2 Å². The van der Waals surface area contributed by atoms with E-state index in [9.17, 15) is 18.0 Å². The Morgan fingerprint density at radius 2 is 1.83 bits per heavy atom. The van der Waals surface area contributed by atoms with E-state index < -0.39 is 11.7 Å². The van der Waals surface area contributed by atoms with Crippen molar-refractivity contribution < 1.29 is 18.0 Å². The van der Waals surface area contributed by atoms with Gasteiger partial charge in [0.25, 0.3) is 0 Å². The molecule has 4 nitrogen and oxygen atoms in total. The number of halogens is 3. The van der Waals surface area contributed by atoms with Crippen LogP contribution in [-0.4, -0.2) is 15.8 Å². The summed E-state index contributed by atoms with van der Waals surface area (Å²) in [6.07, 6.45) is -1.95. The van der Waals surface area contributed by atoms with Crippen molar-refractivity contribution in [1.82, 2.24) is 9.55 Å². The molecule has 0 atom stereocenters. The highest BCUT2D eigenvalue weighted by Crippen LogP contribution is 2.30. The van der Waals surface area contributed by atoms with Gasteiger partial charge in [0.15, 0.2) is 6.29 Å². The first-order chi connectivity index (χ1) is 14.4. The van der Waals surface area contributed by atoms with E-state index in [1.165, 1.54) is 12.1 Å². The third-order valence-corrected chi connectivity index (χ3v) is 4.83. The van der Waals surface area contributed by atoms with E-state index >= 15 is 0 Å². The van der Waals surface area contributed by atoms with E-state index in [0.717, 1.165) is 29.5 Å². The molecule has 0 saturated heterocycles. The van der Waals surface area contributed by atoms with Gasteiger partial charge in [-0.25, -0.2) is 4.98 Å². The van der Waals surface area contributed by atoms with Crippen LogP contribution in [0.15, 0.2) is 66.9 Å². The molecule has 0 spiro atoms. The number of rotatable bonds is 4. The molecule has 0 aliphatic rings. The minimum atomic E-state index is -4.38. The lowest BCUT2D eigenvalue weighted by Crippen LogP contribution is -2.05. The first-order valence-electron chi connectivity index (χ1n) is 9.01. The average Bonchev–Trinajstić information content (AvgIpc) is 3.10. The number of hydrogen-bond donors (Lipinski definition) is 0. The predicted octanol–water partition coefficient (Wildman–Crippen LogP) is 5.45. The molecule has 30 heavy (non-hydrogen) atoms. The second-order valence-electron chi connectivity index (χ2n) is 6.78. The zero-order chi connectivity index (χ0) is 21.3. The maximum atomic E-state index is 12.8. The zero-order valence-corrected chi connectivity index (χ0v) is 15.5. The van der Waals surface area contributed by atoms with Crippen LogP contribution in [0.3, 0.4) is 0 Å². The van der Waals surface area contributed by atoms with Gasteiger partial charge in [0.1, 0.15) is 11.8 Å². The lowest BCUT2D eigenvalue weighted by molar-refractivity contribution is -0.137. The summed E-state index contributed by atoms with van der Waals surface area (Å²) in [5.74, 6) is 0. The van der Waals surface area contributed by atoms with Crippen molar-refractivity contribution in [2.24, 2.45) is 0 Å². The molecule has 2 heterocycles. The van der Waals surface area contributed by atoms with Gasteiger partial charge >= 0.3 is 6.18 Å². The van der Waals surface area contributed by atoms with Crippen molar-refractivity contribution in [3.8, 4) is 17.3 Å². The number of alkyl halides is 3. The van der Waals surface area contributed by atoms with Crippen LogP contribution in [0.2, 0.25) is 0 Å². The van der Waals surface area contributed by atoms with E-state index in [-0.39, 0.29) is 0 Å². The van der Waals surface area contributed by atoms with E-state index in [0.29, 0.717) is 34.4 Å². The number of pyridine rings is 1. The molecule has 0 unspecified atom stereocenters. The van der Waals surface area contributed by atoms with Gasteiger partial charge in [0.05, 0.1) is 11.3 Å². The summed E-state index contributed by atoms with van der Waals surface area (Å²) >= 11 is 0. The predicted molar refractivity (Wildman–Crippen MR) is 106 cm³/mol. The van der Waals surface area contributed by atoms with Crippen LogP contribution in [0, 0.1) is 11.3 Å². The van der Waals surface area contributed by atoms with Gasteiger partial charge in [0, 0.05) is 34.8 Å². The summed E-state index contributed by atoms with van der Waals surface area (Å²) in [6.45, 7) is 0.323. The summed E-state index contributed by atoms with van der Waals surface area (Å²) in [6, 6.07) is 17.6. The molecule has 0 aliphatic heterocycles. The summed E-state index contributed by atoms with van der Waals surface area (Å²) in [4.78, 5) is 15.9. The van der Waals surface area contributed by atoms with Gasteiger partial charge in [-0.3, -0.25) is 4.79 Å².